The van der Waals surface area contributed by atoms with Gasteiger partial charge in [-0.1, -0.05) is 71.4 Å². The molecule has 1 N–H and O–H groups in total. The molecule has 0 aliphatic heterocycles. The van der Waals surface area contributed by atoms with Crippen LogP contribution in [0.15, 0.2) is 77.3 Å². The second-order valence-corrected chi connectivity index (χ2v) is 12.9. The molecule has 0 fully saturated rings. The van der Waals surface area contributed by atoms with Gasteiger partial charge in [0.25, 0.3) is 0 Å². The number of carbonyl (C=O) groups excluding carboxylic acids is 2. The van der Waals surface area contributed by atoms with Crippen LogP contribution in [0.5, 0.6) is 5.75 Å². The standard InChI is InChI=1S/C31H38BrN3O5S/c1-6-23(3)33-31(37)28(19-24-10-8-7-9-11-24)34(20-25-13-15-26(32)16-14-25)30(36)21-35(41(5,38)39)27-18-22(2)12-17-29(27)40-4/h7-18,23,28H,6,19-21H2,1-5H3,(H,33,37)/t23-,28-/m1/s1. The minimum Gasteiger partial charge on any atom is -0.495 e. The summed E-state index contributed by atoms with van der Waals surface area (Å²) < 4.78 is 33.5. The van der Waals surface area contributed by atoms with Crippen LogP contribution in [0.2, 0.25) is 0 Å². The van der Waals surface area contributed by atoms with Gasteiger partial charge in [-0.15, -0.1) is 0 Å². The van der Waals surface area contributed by atoms with Crippen molar-refractivity contribution in [3.63, 3.8) is 0 Å². The highest BCUT2D eigenvalue weighted by molar-refractivity contribution is 9.10. The van der Waals surface area contributed by atoms with Crippen molar-refractivity contribution >= 4 is 43.5 Å². The summed E-state index contributed by atoms with van der Waals surface area (Å²) in [5, 5.41) is 3.03. The van der Waals surface area contributed by atoms with Gasteiger partial charge in [0.05, 0.1) is 19.1 Å². The number of sulfonamides is 1. The Hall–Kier alpha value is -3.37. The number of halogens is 1. The zero-order valence-corrected chi connectivity index (χ0v) is 26.5. The normalized spacial score (nSPS) is 12.7. The summed E-state index contributed by atoms with van der Waals surface area (Å²) in [7, 11) is -2.45. The van der Waals surface area contributed by atoms with E-state index in [4.69, 9.17) is 4.74 Å². The van der Waals surface area contributed by atoms with Gasteiger partial charge in [0.1, 0.15) is 18.3 Å². The number of nitrogens with one attached hydrogen (secondary N) is 1. The summed E-state index contributed by atoms with van der Waals surface area (Å²) in [6.07, 6.45) is 2.04. The first kappa shape index (κ1) is 32.1. The van der Waals surface area contributed by atoms with Crippen LogP contribution in [0.1, 0.15) is 37.0 Å². The Morgan fingerprint density at radius 2 is 1.66 bits per heavy atom. The molecule has 3 aromatic carbocycles. The van der Waals surface area contributed by atoms with Crippen molar-refractivity contribution in [1.82, 2.24) is 10.2 Å². The van der Waals surface area contributed by atoms with E-state index in [1.165, 1.54) is 12.0 Å². The molecule has 0 bridgehead atoms. The summed E-state index contributed by atoms with van der Waals surface area (Å²) in [5.74, 6) is -0.488. The van der Waals surface area contributed by atoms with E-state index in [-0.39, 0.29) is 30.6 Å². The van der Waals surface area contributed by atoms with Crippen molar-refractivity contribution in [2.45, 2.75) is 52.2 Å². The second-order valence-electron chi connectivity index (χ2n) is 10.1. The largest absolute Gasteiger partial charge is 0.495 e. The molecule has 8 nitrogen and oxygen atoms in total. The monoisotopic (exact) mass is 643 g/mol. The van der Waals surface area contributed by atoms with Crippen LogP contribution in [-0.2, 0) is 32.6 Å². The Bertz CT molecular complexity index is 1430. The van der Waals surface area contributed by atoms with Gasteiger partial charge < -0.3 is 15.0 Å². The minimum atomic E-state index is -3.90. The number of methoxy groups -OCH3 is 1. The Kier molecular flexibility index (Phi) is 11.4. The van der Waals surface area contributed by atoms with E-state index < -0.39 is 28.5 Å². The lowest BCUT2D eigenvalue weighted by Crippen LogP contribution is -2.54. The molecule has 0 aromatic heterocycles. The fourth-order valence-corrected chi connectivity index (χ4v) is 5.48. The van der Waals surface area contributed by atoms with E-state index in [1.807, 2.05) is 75.4 Å². The van der Waals surface area contributed by atoms with Gasteiger partial charge in [0, 0.05) is 23.5 Å². The van der Waals surface area contributed by atoms with Crippen LogP contribution in [0, 0.1) is 6.92 Å². The molecule has 3 rings (SSSR count). The van der Waals surface area contributed by atoms with E-state index >= 15 is 0 Å². The van der Waals surface area contributed by atoms with Crippen LogP contribution in [0.25, 0.3) is 0 Å². The van der Waals surface area contributed by atoms with Crippen molar-refractivity contribution in [2.24, 2.45) is 0 Å². The molecule has 0 aliphatic carbocycles. The average molecular weight is 645 g/mol. The van der Waals surface area contributed by atoms with E-state index in [9.17, 15) is 18.0 Å². The Balaban J connectivity index is 2.10. The maximum atomic E-state index is 14.2. The minimum absolute atomic E-state index is 0.102. The van der Waals surface area contributed by atoms with Crippen LogP contribution in [0.4, 0.5) is 5.69 Å². The first-order valence-corrected chi connectivity index (χ1v) is 16.1. The molecular formula is C31H38BrN3O5S. The lowest BCUT2D eigenvalue weighted by molar-refractivity contribution is -0.140. The molecule has 0 saturated carbocycles. The first-order valence-electron chi connectivity index (χ1n) is 13.4. The first-order chi connectivity index (χ1) is 19.4. The third-order valence-corrected chi connectivity index (χ3v) is 8.48. The van der Waals surface area contributed by atoms with Gasteiger partial charge in [-0.05, 0) is 61.2 Å². The number of ether oxygens (including phenoxy) is 1. The van der Waals surface area contributed by atoms with Gasteiger partial charge in [-0.2, -0.15) is 0 Å². The van der Waals surface area contributed by atoms with E-state index in [0.717, 1.165) is 38.1 Å². The SMILES string of the molecule is CC[C@@H](C)NC(=O)[C@@H](Cc1ccccc1)N(Cc1ccc(Br)cc1)C(=O)CN(c1cc(C)ccc1OC)S(C)(=O)=O. The molecule has 2 atom stereocenters. The maximum absolute atomic E-state index is 14.2. The lowest BCUT2D eigenvalue weighted by atomic mass is 10.0. The summed E-state index contributed by atoms with van der Waals surface area (Å²) in [4.78, 5) is 29.4. The highest BCUT2D eigenvalue weighted by atomic mass is 79.9. The molecule has 0 spiro atoms. The number of rotatable bonds is 13. The summed E-state index contributed by atoms with van der Waals surface area (Å²) in [6.45, 7) is 5.33. The summed E-state index contributed by atoms with van der Waals surface area (Å²) in [5.41, 5.74) is 2.75. The number of anilines is 1. The molecule has 0 heterocycles. The van der Waals surface area contributed by atoms with Crippen LogP contribution < -0.4 is 14.4 Å². The quantitative estimate of drug-likeness (QED) is 0.280. The Morgan fingerprint density at radius 3 is 2.24 bits per heavy atom. The third kappa shape index (κ3) is 9.06. The molecular weight excluding hydrogens is 606 g/mol. The predicted octanol–water partition coefficient (Wildman–Crippen LogP) is 5.09. The Morgan fingerprint density at radius 1 is 1.00 bits per heavy atom. The van der Waals surface area contributed by atoms with Gasteiger partial charge in [0.15, 0.2) is 0 Å². The van der Waals surface area contributed by atoms with Gasteiger partial charge in [-0.3, -0.25) is 13.9 Å². The lowest BCUT2D eigenvalue weighted by Gasteiger charge is -2.34. The molecule has 41 heavy (non-hydrogen) atoms. The summed E-state index contributed by atoms with van der Waals surface area (Å²) in [6, 6.07) is 21.1. The van der Waals surface area contributed by atoms with E-state index in [0.29, 0.717) is 5.75 Å². The van der Waals surface area contributed by atoms with Crippen molar-refractivity contribution in [2.75, 3.05) is 24.2 Å². The molecule has 0 saturated heterocycles. The smallest absolute Gasteiger partial charge is 0.244 e. The van der Waals surface area contributed by atoms with Crippen LogP contribution in [0.3, 0.4) is 0 Å². The van der Waals surface area contributed by atoms with E-state index in [1.54, 1.807) is 18.2 Å². The number of hydrogen-bond donors (Lipinski definition) is 1. The fourth-order valence-electron chi connectivity index (χ4n) is 4.37. The highest BCUT2D eigenvalue weighted by Crippen LogP contribution is 2.31. The molecule has 2 amide bonds. The Labute approximate surface area is 251 Å². The van der Waals surface area contributed by atoms with Crippen molar-refractivity contribution in [1.29, 1.82) is 0 Å². The summed E-state index contributed by atoms with van der Waals surface area (Å²) >= 11 is 3.44. The van der Waals surface area contributed by atoms with Gasteiger partial charge >= 0.3 is 0 Å². The van der Waals surface area contributed by atoms with Gasteiger partial charge in [-0.25, -0.2) is 8.42 Å². The van der Waals surface area contributed by atoms with Crippen molar-refractivity contribution in [3.05, 3.63) is 94.0 Å². The van der Waals surface area contributed by atoms with E-state index in [2.05, 4.69) is 21.2 Å². The number of hydrogen-bond acceptors (Lipinski definition) is 5. The highest BCUT2D eigenvalue weighted by Gasteiger charge is 2.34. The van der Waals surface area contributed by atoms with Crippen LogP contribution >= 0.6 is 15.9 Å². The fraction of sp³-hybridized carbons (Fsp3) is 0.355. The number of amides is 2. The maximum Gasteiger partial charge on any atom is 0.244 e. The number of nitrogens with zero attached hydrogens (tertiary/aromatic N) is 2. The molecule has 0 radical (unpaired) electrons. The second kappa shape index (κ2) is 14.5. The van der Waals surface area contributed by atoms with Crippen LogP contribution in [-0.4, -0.2) is 57.1 Å². The number of benzene rings is 3. The third-order valence-electron chi connectivity index (χ3n) is 6.82. The molecule has 0 aliphatic rings. The molecule has 3 aromatic rings. The van der Waals surface area contributed by atoms with Gasteiger partial charge in [0.2, 0.25) is 21.8 Å². The average Bonchev–Trinajstić information content (AvgIpc) is 2.94. The predicted molar refractivity (Wildman–Crippen MR) is 166 cm³/mol. The van der Waals surface area contributed by atoms with Crippen molar-refractivity contribution < 1.29 is 22.7 Å². The zero-order chi connectivity index (χ0) is 30.2. The number of carbonyl (C=O) groups is 2. The molecule has 10 heteroatoms. The zero-order valence-electron chi connectivity index (χ0n) is 24.1. The van der Waals surface area contributed by atoms with Crippen molar-refractivity contribution in [3.8, 4) is 5.75 Å². The molecule has 0 unspecified atom stereocenters. The topological polar surface area (TPSA) is 96.0 Å². The molecule has 220 valence electrons. The number of aryl methyl sites for hydroxylation is 1.